The monoisotopic (exact) mass is 490 g/mol. The molecule has 35 heavy (non-hydrogen) atoms. The molecule has 2 heterocycles. The molecule has 0 spiro atoms. The Bertz CT molecular complexity index is 1300. The summed E-state index contributed by atoms with van der Waals surface area (Å²) in [5.41, 5.74) is -0.319. The molecule has 12 nitrogen and oxygen atoms in total. The van der Waals surface area contributed by atoms with Gasteiger partial charge >= 0.3 is 5.97 Å². The summed E-state index contributed by atoms with van der Waals surface area (Å²) in [4.78, 5) is 25.4. The summed E-state index contributed by atoms with van der Waals surface area (Å²) >= 11 is 0. The van der Waals surface area contributed by atoms with E-state index in [-0.39, 0.29) is 22.5 Å². The zero-order valence-corrected chi connectivity index (χ0v) is 18.4. The average molecular weight is 490 g/mol. The molecule has 1 saturated heterocycles. The normalized spacial score (nSPS) is 24.2. The predicted molar refractivity (Wildman–Crippen MR) is 117 cm³/mol. The lowest BCUT2D eigenvalue weighted by atomic mass is 9.99. The highest BCUT2D eigenvalue weighted by Crippen LogP contribution is 2.41. The molecule has 0 aliphatic carbocycles. The van der Waals surface area contributed by atoms with Crippen LogP contribution >= 0.6 is 0 Å². The zero-order valence-electron chi connectivity index (χ0n) is 18.4. The van der Waals surface area contributed by atoms with Crippen LogP contribution in [0.5, 0.6) is 23.0 Å². The Morgan fingerprint density at radius 3 is 2.26 bits per heavy atom. The molecule has 5 N–H and O–H groups in total. The van der Waals surface area contributed by atoms with Crippen LogP contribution < -0.4 is 19.6 Å². The minimum atomic E-state index is -1.97. The number of phenolic OH excluding ortho intramolecular Hbond substituents is 1. The Balaban J connectivity index is 1.76. The van der Waals surface area contributed by atoms with Crippen LogP contribution in [-0.2, 0) is 9.53 Å². The van der Waals surface area contributed by atoms with Crippen LogP contribution in [0.15, 0.2) is 45.6 Å². The maximum absolute atomic E-state index is 12.8. The van der Waals surface area contributed by atoms with Gasteiger partial charge in [0, 0.05) is 17.7 Å². The summed E-state index contributed by atoms with van der Waals surface area (Å²) < 4.78 is 26.3. The van der Waals surface area contributed by atoms with Crippen molar-refractivity contribution in [2.75, 3.05) is 14.2 Å². The average Bonchev–Trinajstić information content (AvgIpc) is 2.84. The second-order valence-corrected chi connectivity index (χ2v) is 7.67. The van der Waals surface area contributed by atoms with Crippen molar-refractivity contribution >= 4 is 16.9 Å². The molecule has 0 amide bonds. The largest absolute Gasteiger partial charge is 0.507 e. The van der Waals surface area contributed by atoms with Gasteiger partial charge in [-0.3, -0.25) is 4.79 Å². The summed E-state index contributed by atoms with van der Waals surface area (Å²) in [7, 11) is 2.71. The van der Waals surface area contributed by atoms with Crippen molar-refractivity contribution in [3.05, 3.63) is 46.6 Å². The number of ether oxygens (including phenoxy) is 4. The third kappa shape index (κ3) is 4.40. The van der Waals surface area contributed by atoms with Crippen LogP contribution in [0.3, 0.4) is 0 Å². The lowest BCUT2D eigenvalue weighted by Crippen LogP contribution is -2.60. The molecule has 5 unspecified atom stereocenters. The van der Waals surface area contributed by atoms with Crippen LogP contribution in [0.2, 0.25) is 0 Å². The molecule has 1 aromatic heterocycles. The van der Waals surface area contributed by atoms with Gasteiger partial charge in [0.1, 0.15) is 41.0 Å². The first-order chi connectivity index (χ1) is 16.7. The fourth-order valence-electron chi connectivity index (χ4n) is 3.66. The minimum absolute atomic E-state index is 0.123. The van der Waals surface area contributed by atoms with Crippen LogP contribution in [0.1, 0.15) is 0 Å². The Morgan fingerprint density at radius 1 is 0.943 bits per heavy atom. The zero-order chi connectivity index (χ0) is 25.4. The van der Waals surface area contributed by atoms with Gasteiger partial charge in [0.05, 0.1) is 14.2 Å². The molecule has 1 aliphatic heterocycles. The van der Waals surface area contributed by atoms with Gasteiger partial charge in [-0.1, -0.05) is 0 Å². The molecule has 2 aromatic carbocycles. The number of fused-ring (bicyclic) bond motifs is 1. The maximum atomic E-state index is 12.8. The van der Waals surface area contributed by atoms with Crippen LogP contribution in [-0.4, -0.2) is 76.4 Å². The number of methoxy groups -OCH3 is 2. The molecule has 0 saturated carbocycles. The van der Waals surface area contributed by atoms with Crippen molar-refractivity contribution in [3.8, 4) is 34.3 Å². The second-order valence-electron chi connectivity index (χ2n) is 7.67. The molecule has 4 rings (SSSR count). The first-order valence-corrected chi connectivity index (χ1v) is 10.3. The summed E-state index contributed by atoms with van der Waals surface area (Å²) in [6, 6.07) is 8.70. The van der Waals surface area contributed by atoms with E-state index in [1.807, 2.05) is 0 Å². The quantitative estimate of drug-likeness (QED) is 0.236. The number of rotatable bonds is 5. The van der Waals surface area contributed by atoms with Gasteiger partial charge in [0.15, 0.2) is 29.2 Å². The number of aliphatic hydroxyl groups excluding tert-OH is 4. The van der Waals surface area contributed by atoms with E-state index in [0.29, 0.717) is 11.3 Å². The summed E-state index contributed by atoms with van der Waals surface area (Å²) in [6.07, 6.45) is -9.53. The van der Waals surface area contributed by atoms with Crippen LogP contribution in [0.4, 0.5) is 0 Å². The van der Waals surface area contributed by atoms with Crippen molar-refractivity contribution in [2.24, 2.45) is 0 Å². The van der Waals surface area contributed by atoms with Gasteiger partial charge in [-0.05, 0) is 24.3 Å². The number of benzene rings is 2. The minimum Gasteiger partial charge on any atom is -0.507 e. The fourth-order valence-corrected chi connectivity index (χ4v) is 3.66. The first-order valence-electron chi connectivity index (χ1n) is 10.3. The van der Waals surface area contributed by atoms with Gasteiger partial charge in [0.25, 0.3) is 0 Å². The van der Waals surface area contributed by atoms with Crippen molar-refractivity contribution in [1.82, 2.24) is 0 Å². The first kappa shape index (κ1) is 24.4. The summed E-state index contributed by atoms with van der Waals surface area (Å²) in [6.45, 7) is 0. The Kier molecular flexibility index (Phi) is 6.65. The van der Waals surface area contributed by atoms with Gasteiger partial charge in [-0.15, -0.1) is 0 Å². The van der Waals surface area contributed by atoms with Gasteiger partial charge < -0.3 is 48.9 Å². The summed E-state index contributed by atoms with van der Waals surface area (Å²) in [5.74, 6) is -1.80. The molecule has 186 valence electrons. The number of hydrogen-bond acceptors (Lipinski definition) is 12. The Labute approximate surface area is 197 Å². The highest BCUT2D eigenvalue weighted by atomic mass is 16.7. The lowest BCUT2D eigenvalue weighted by Gasteiger charge is -2.36. The number of aromatic hydroxyl groups is 1. The van der Waals surface area contributed by atoms with Crippen molar-refractivity contribution in [2.45, 2.75) is 30.7 Å². The topological polar surface area (TPSA) is 185 Å². The molecular weight excluding hydrogens is 468 g/mol. The highest BCUT2D eigenvalue weighted by molar-refractivity contribution is 5.93. The van der Waals surface area contributed by atoms with E-state index in [2.05, 4.69) is 0 Å². The third-order valence-corrected chi connectivity index (χ3v) is 5.51. The highest BCUT2D eigenvalue weighted by Gasteiger charge is 2.47. The number of hydrogen-bond donors (Lipinski definition) is 5. The number of esters is 1. The van der Waals surface area contributed by atoms with E-state index in [9.17, 15) is 35.1 Å². The number of phenols is 1. The standard InChI is InChI=1S/C23H22O12/c1-31-10-5-3-9(4-6-10)13-7-11(24)15-12(25)8-14(19(32-2)20(15)33-13)34-23(30)21-17(27)16(26)18(28)22(29)35-21/h3-8,16-18,21-22,25-29H,1-2H3. The SMILES string of the molecule is COc1ccc(-c2cc(=O)c3c(O)cc(OC(=O)C4OC(O)C(O)C(O)C4O)c(OC)c3o2)cc1. The predicted octanol–water partition coefficient (Wildman–Crippen LogP) is -0.112. The molecule has 3 aromatic rings. The number of carbonyl (C=O) groups excluding carboxylic acids is 1. The van der Waals surface area contributed by atoms with Crippen LogP contribution in [0.25, 0.3) is 22.3 Å². The molecule has 12 heteroatoms. The van der Waals surface area contributed by atoms with E-state index < -0.39 is 53.6 Å². The van der Waals surface area contributed by atoms with Gasteiger partial charge in [-0.2, -0.15) is 0 Å². The van der Waals surface area contributed by atoms with E-state index in [1.54, 1.807) is 24.3 Å². The molecule has 5 atom stereocenters. The van der Waals surface area contributed by atoms with E-state index >= 15 is 0 Å². The lowest BCUT2D eigenvalue weighted by molar-refractivity contribution is -0.279. The molecular formula is C23H22O12. The van der Waals surface area contributed by atoms with E-state index in [0.717, 1.165) is 6.07 Å². The van der Waals surface area contributed by atoms with Crippen molar-refractivity contribution in [3.63, 3.8) is 0 Å². The number of aliphatic hydroxyl groups is 4. The van der Waals surface area contributed by atoms with Gasteiger partial charge in [0.2, 0.25) is 5.75 Å². The summed E-state index contributed by atoms with van der Waals surface area (Å²) in [5, 5.41) is 49.4. The number of carbonyl (C=O) groups is 1. The molecule has 0 radical (unpaired) electrons. The van der Waals surface area contributed by atoms with E-state index in [4.69, 9.17) is 23.4 Å². The molecule has 1 fully saturated rings. The van der Waals surface area contributed by atoms with Crippen molar-refractivity contribution in [1.29, 1.82) is 0 Å². The fraction of sp³-hybridized carbons (Fsp3) is 0.304. The van der Waals surface area contributed by atoms with Gasteiger partial charge in [-0.25, -0.2) is 4.79 Å². The van der Waals surface area contributed by atoms with Crippen LogP contribution in [0, 0.1) is 0 Å². The third-order valence-electron chi connectivity index (χ3n) is 5.51. The Morgan fingerprint density at radius 2 is 1.63 bits per heavy atom. The molecule has 1 aliphatic rings. The second kappa shape index (κ2) is 9.52. The smallest absolute Gasteiger partial charge is 0.343 e. The van der Waals surface area contributed by atoms with E-state index in [1.165, 1.54) is 20.3 Å². The molecule has 0 bridgehead atoms. The maximum Gasteiger partial charge on any atom is 0.343 e. The Hall–Kier alpha value is -3.68. The van der Waals surface area contributed by atoms with Crippen molar-refractivity contribution < 1.29 is 53.7 Å².